The Balaban J connectivity index is 1.60. The van der Waals surface area contributed by atoms with E-state index in [-0.39, 0.29) is 17.4 Å². The summed E-state index contributed by atoms with van der Waals surface area (Å²) in [5.41, 5.74) is 2.18. The van der Waals surface area contributed by atoms with Crippen LogP contribution >= 0.6 is 0 Å². The van der Waals surface area contributed by atoms with Crippen LogP contribution in [-0.4, -0.2) is 41.7 Å². The molecule has 5 rings (SSSR count). The monoisotopic (exact) mass is 474 g/mol. The van der Waals surface area contributed by atoms with E-state index in [2.05, 4.69) is 36.9 Å². The molecule has 3 aromatic rings. The normalized spacial score (nSPS) is 17.9. The van der Waals surface area contributed by atoms with E-state index in [0.717, 1.165) is 48.0 Å². The van der Waals surface area contributed by atoms with Crippen LogP contribution in [0.5, 0.6) is 0 Å². The van der Waals surface area contributed by atoms with Crippen molar-refractivity contribution in [3.63, 3.8) is 0 Å². The number of fused-ring (bicyclic) bond motifs is 3. The van der Waals surface area contributed by atoms with E-state index in [1.165, 1.54) is 12.8 Å². The lowest BCUT2D eigenvalue weighted by molar-refractivity contribution is -0.117. The number of aromatic nitrogens is 6. The molecule has 9 nitrogen and oxygen atoms in total. The van der Waals surface area contributed by atoms with E-state index >= 15 is 0 Å². The van der Waals surface area contributed by atoms with Crippen LogP contribution in [0.2, 0.25) is 0 Å². The van der Waals surface area contributed by atoms with Crippen LogP contribution in [0.25, 0.3) is 17.1 Å². The predicted molar refractivity (Wildman–Crippen MR) is 135 cm³/mol. The fraction of sp³-hybridized carbons (Fsp3) is 0.538. The summed E-state index contributed by atoms with van der Waals surface area (Å²) >= 11 is 0. The Morgan fingerprint density at radius 2 is 1.94 bits per heavy atom. The lowest BCUT2D eigenvalue weighted by Gasteiger charge is -2.41. The number of amides is 1. The van der Waals surface area contributed by atoms with Gasteiger partial charge in [0.2, 0.25) is 5.91 Å². The van der Waals surface area contributed by atoms with Crippen molar-refractivity contribution < 1.29 is 4.79 Å². The van der Waals surface area contributed by atoms with Crippen LogP contribution in [0.3, 0.4) is 0 Å². The smallest absolute Gasteiger partial charge is 0.224 e. The highest BCUT2D eigenvalue weighted by Crippen LogP contribution is 2.43. The maximum Gasteiger partial charge on any atom is 0.224 e. The quantitative estimate of drug-likeness (QED) is 0.554. The highest BCUT2D eigenvalue weighted by Gasteiger charge is 2.39. The Kier molecular flexibility index (Phi) is 6.02. The first-order valence-corrected chi connectivity index (χ1v) is 12.6. The van der Waals surface area contributed by atoms with E-state index in [1.807, 2.05) is 40.0 Å². The van der Waals surface area contributed by atoms with Gasteiger partial charge in [0.25, 0.3) is 0 Å². The number of aryl methyl sites for hydroxylation is 1. The van der Waals surface area contributed by atoms with Crippen molar-refractivity contribution in [2.24, 2.45) is 5.41 Å². The fourth-order valence-corrected chi connectivity index (χ4v) is 5.36. The van der Waals surface area contributed by atoms with Gasteiger partial charge in [-0.25, -0.2) is 9.97 Å². The molecule has 184 valence electrons. The van der Waals surface area contributed by atoms with E-state index in [4.69, 9.17) is 9.97 Å². The Bertz CT molecular complexity index is 1240. The number of hydrogen-bond acceptors (Lipinski definition) is 7. The lowest BCUT2D eigenvalue weighted by Crippen LogP contribution is -2.42. The van der Waals surface area contributed by atoms with Crippen molar-refractivity contribution in [2.45, 2.75) is 85.2 Å². The minimum absolute atomic E-state index is 0.0481. The molecule has 2 aliphatic rings. The number of hydrogen-bond donors (Lipinski definition) is 1. The van der Waals surface area contributed by atoms with Gasteiger partial charge in [-0.2, -0.15) is 0 Å². The number of nitrogens with one attached hydrogen (secondary N) is 1. The number of anilines is 2. The molecule has 0 aromatic carbocycles. The second-order valence-electron chi connectivity index (χ2n) is 10.8. The van der Waals surface area contributed by atoms with Crippen LogP contribution in [-0.2, 0) is 4.79 Å². The third kappa shape index (κ3) is 4.39. The zero-order chi connectivity index (χ0) is 24.7. The third-order valence-corrected chi connectivity index (χ3v) is 6.85. The van der Waals surface area contributed by atoms with Gasteiger partial charge in [-0.05, 0) is 37.7 Å². The minimum Gasteiger partial charge on any atom is -0.342 e. The van der Waals surface area contributed by atoms with Crippen LogP contribution in [0.4, 0.5) is 11.5 Å². The Hall–Kier alpha value is -3.36. The van der Waals surface area contributed by atoms with Crippen molar-refractivity contribution in [3.05, 3.63) is 36.3 Å². The average Bonchev–Trinajstić information content (AvgIpc) is 3.47. The molecular formula is C26H34N8O. The molecule has 9 heteroatoms. The van der Waals surface area contributed by atoms with E-state index in [0.29, 0.717) is 24.0 Å². The summed E-state index contributed by atoms with van der Waals surface area (Å²) in [6.07, 6.45) is 11.3. The highest BCUT2D eigenvalue weighted by atomic mass is 16.1. The van der Waals surface area contributed by atoms with Gasteiger partial charge >= 0.3 is 0 Å². The van der Waals surface area contributed by atoms with Gasteiger partial charge in [0.05, 0.1) is 24.1 Å². The Morgan fingerprint density at radius 3 is 2.66 bits per heavy atom. The molecule has 0 saturated heterocycles. The summed E-state index contributed by atoms with van der Waals surface area (Å²) in [4.78, 5) is 29.3. The number of carbonyl (C=O) groups excluding carboxylic acids is 1. The molecule has 1 aliphatic heterocycles. The first kappa shape index (κ1) is 23.4. The molecule has 1 unspecified atom stereocenters. The van der Waals surface area contributed by atoms with Crippen molar-refractivity contribution in [1.29, 1.82) is 0 Å². The maximum absolute atomic E-state index is 12.7. The van der Waals surface area contributed by atoms with Crippen molar-refractivity contribution in [3.8, 4) is 17.1 Å². The second kappa shape index (κ2) is 9.02. The second-order valence-corrected chi connectivity index (χ2v) is 10.8. The van der Waals surface area contributed by atoms with Gasteiger partial charge in [-0.3, -0.25) is 14.3 Å². The number of pyridine rings is 1. The molecule has 4 heterocycles. The zero-order valence-corrected chi connectivity index (χ0v) is 21.2. The topological polar surface area (TPSA) is 102 Å². The van der Waals surface area contributed by atoms with Crippen LogP contribution in [0, 0.1) is 12.3 Å². The molecule has 1 aliphatic carbocycles. The van der Waals surface area contributed by atoms with Crippen LogP contribution < -0.4 is 10.2 Å². The Morgan fingerprint density at radius 1 is 1.17 bits per heavy atom. The van der Waals surface area contributed by atoms with Gasteiger partial charge in [0, 0.05) is 24.2 Å². The molecule has 1 N–H and O–H groups in total. The summed E-state index contributed by atoms with van der Waals surface area (Å²) in [6, 6.07) is 2.39. The van der Waals surface area contributed by atoms with Crippen LogP contribution in [0.15, 0.2) is 24.7 Å². The molecule has 0 radical (unpaired) electrons. The molecule has 0 spiro atoms. The van der Waals surface area contributed by atoms with E-state index in [1.54, 1.807) is 12.4 Å². The van der Waals surface area contributed by atoms with Gasteiger partial charge in [0.1, 0.15) is 11.5 Å². The summed E-state index contributed by atoms with van der Waals surface area (Å²) in [5, 5.41) is 12.0. The SMILES string of the molecule is CCC1c2nnc(C)n2-c2cnc(-c3ccncc3NC(=O)CC(C)(C)C)nc2N1C1CCCC1. The average molecular weight is 475 g/mol. The molecule has 35 heavy (non-hydrogen) atoms. The molecule has 3 aromatic heterocycles. The van der Waals surface area contributed by atoms with Gasteiger partial charge in [-0.15, -0.1) is 10.2 Å². The zero-order valence-electron chi connectivity index (χ0n) is 21.2. The van der Waals surface area contributed by atoms with Crippen molar-refractivity contribution >= 4 is 17.4 Å². The number of carbonyl (C=O) groups is 1. The van der Waals surface area contributed by atoms with E-state index in [9.17, 15) is 4.79 Å². The first-order chi connectivity index (χ1) is 16.8. The molecular weight excluding hydrogens is 440 g/mol. The van der Waals surface area contributed by atoms with Crippen molar-refractivity contribution in [2.75, 3.05) is 10.2 Å². The van der Waals surface area contributed by atoms with Gasteiger partial charge in [-0.1, -0.05) is 40.5 Å². The first-order valence-electron chi connectivity index (χ1n) is 12.6. The summed E-state index contributed by atoms with van der Waals surface area (Å²) in [6.45, 7) is 10.3. The van der Waals surface area contributed by atoms with Crippen LogP contribution in [0.1, 0.15) is 83.9 Å². The lowest BCUT2D eigenvalue weighted by atomic mass is 9.92. The maximum atomic E-state index is 12.7. The molecule has 1 fully saturated rings. The largest absolute Gasteiger partial charge is 0.342 e. The number of nitrogens with zero attached hydrogens (tertiary/aromatic N) is 7. The standard InChI is InChI=1S/C26H34N8O/c1-6-20-25-32-31-16(2)33(25)21-15-28-23(30-24(21)34(20)17-9-7-8-10-17)18-11-12-27-14-19(18)29-22(35)13-26(3,4)5/h11-12,14-15,17,20H,6-10,13H2,1-5H3,(H,29,35). The van der Waals surface area contributed by atoms with Gasteiger partial charge in [0.15, 0.2) is 17.5 Å². The van der Waals surface area contributed by atoms with E-state index < -0.39 is 0 Å². The van der Waals surface area contributed by atoms with Crippen molar-refractivity contribution in [1.82, 2.24) is 29.7 Å². The minimum atomic E-state index is -0.111. The fourth-order valence-electron chi connectivity index (χ4n) is 5.36. The molecule has 1 atom stereocenters. The summed E-state index contributed by atoms with van der Waals surface area (Å²) < 4.78 is 2.09. The predicted octanol–water partition coefficient (Wildman–Crippen LogP) is 5.02. The summed E-state index contributed by atoms with van der Waals surface area (Å²) in [5.74, 6) is 3.23. The number of rotatable bonds is 5. The molecule has 1 amide bonds. The highest BCUT2D eigenvalue weighted by molar-refractivity contribution is 5.94. The third-order valence-electron chi connectivity index (χ3n) is 6.85. The molecule has 0 bridgehead atoms. The van der Waals surface area contributed by atoms with Gasteiger partial charge < -0.3 is 10.2 Å². The molecule has 1 saturated carbocycles. The Labute approximate surface area is 206 Å². The summed E-state index contributed by atoms with van der Waals surface area (Å²) in [7, 11) is 0.